The van der Waals surface area contributed by atoms with Crippen LogP contribution < -0.4 is 4.74 Å². The predicted molar refractivity (Wildman–Crippen MR) is 114 cm³/mol. The molecule has 0 bridgehead atoms. The van der Waals surface area contributed by atoms with Crippen LogP contribution in [0, 0.1) is 29.3 Å². The van der Waals surface area contributed by atoms with Crippen LogP contribution in [0.15, 0.2) is 36.4 Å². The van der Waals surface area contributed by atoms with Crippen LogP contribution in [0.1, 0.15) is 62.5 Å². The normalized spacial score (nSPS) is 22.8. The minimum atomic E-state index is -5.06. The molecule has 2 aromatic carbocycles. The van der Waals surface area contributed by atoms with Crippen molar-refractivity contribution >= 4 is 0 Å². The zero-order chi connectivity index (χ0) is 23.8. The van der Waals surface area contributed by atoms with Gasteiger partial charge in [-0.1, -0.05) is 18.2 Å². The molecule has 1 fully saturated rings. The Bertz CT molecular complexity index is 1040. The summed E-state index contributed by atoms with van der Waals surface area (Å²) in [5, 5.41) is 0. The zero-order valence-corrected chi connectivity index (χ0v) is 18.3. The second-order valence-corrected chi connectivity index (χ2v) is 9.04. The summed E-state index contributed by atoms with van der Waals surface area (Å²) >= 11 is 0. The molecule has 2 aliphatic rings. The number of alkyl halides is 3. The number of allylic oxidation sites excluding steroid dienone is 2. The third kappa shape index (κ3) is 5.07. The van der Waals surface area contributed by atoms with Crippen molar-refractivity contribution in [3.63, 3.8) is 0 Å². The van der Waals surface area contributed by atoms with E-state index in [2.05, 4.69) is 10.8 Å². The molecule has 0 unspecified atom stereocenters. The lowest BCUT2D eigenvalue weighted by atomic mass is 9.64. The number of hydrogen-bond donors (Lipinski definition) is 0. The van der Waals surface area contributed by atoms with Gasteiger partial charge in [0.15, 0.2) is 11.6 Å². The van der Waals surface area contributed by atoms with Gasteiger partial charge in [-0.15, -0.1) is 13.2 Å². The summed E-state index contributed by atoms with van der Waals surface area (Å²) in [5.41, 5.74) is 0.560. The van der Waals surface area contributed by atoms with Gasteiger partial charge in [0.25, 0.3) is 0 Å². The molecule has 0 aliphatic heterocycles. The highest BCUT2D eigenvalue weighted by Crippen LogP contribution is 2.49. The van der Waals surface area contributed by atoms with E-state index < -0.39 is 35.1 Å². The molecule has 0 amide bonds. The summed E-state index contributed by atoms with van der Waals surface area (Å²) in [4.78, 5) is 0. The van der Waals surface area contributed by atoms with Crippen molar-refractivity contribution in [3.8, 4) is 16.9 Å². The first-order valence-electron chi connectivity index (χ1n) is 11.4. The molecule has 0 N–H and O–H groups in total. The van der Waals surface area contributed by atoms with Gasteiger partial charge in [0.05, 0.1) is 5.56 Å². The maximum absolute atomic E-state index is 15.5. The molecule has 7 heteroatoms. The van der Waals surface area contributed by atoms with Crippen molar-refractivity contribution in [2.24, 2.45) is 11.8 Å². The van der Waals surface area contributed by atoms with Gasteiger partial charge in [-0.05, 0) is 105 Å². The van der Waals surface area contributed by atoms with Gasteiger partial charge in [-0.3, -0.25) is 0 Å². The van der Waals surface area contributed by atoms with E-state index in [1.54, 1.807) is 0 Å². The summed E-state index contributed by atoms with van der Waals surface area (Å²) in [7, 11) is 0. The Labute approximate surface area is 189 Å². The van der Waals surface area contributed by atoms with E-state index in [-0.39, 0.29) is 11.5 Å². The molecule has 2 aliphatic carbocycles. The van der Waals surface area contributed by atoms with Gasteiger partial charge in [0, 0.05) is 0 Å². The van der Waals surface area contributed by atoms with Gasteiger partial charge in [0.2, 0.25) is 0 Å². The lowest BCUT2D eigenvalue weighted by molar-refractivity contribution is -0.275. The standard InChI is InChI=1S/C26H26F6O/c1-2-3-4-5-15-6-9-18-16(12-15)7-10-19-20(18)14-22(28)24(25(19)29)17-8-11-23(21(27)13-17)33-26(30,31)32/h2-3,8,11,13-16,18H,4-7,9-10,12H2,1H3/b3-2+/t15-,16-,18+/m1/s1. The highest BCUT2D eigenvalue weighted by atomic mass is 19.4. The number of hydrogen-bond acceptors (Lipinski definition) is 1. The molecule has 0 heterocycles. The van der Waals surface area contributed by atoms with E-state index in [4.69, 9.17) is 0 Å². The van der Waals surface area contributed by atoms with Crippen LogP contribution in [0.2, 0.25) is 0 Å². The molecule has 4 rings (SSSR count). The average molecular weight is 468 g/mol. The molecule has 0 saturated heterocycles. The van der Waals surface area contributed by atoms with E-state index in [0.717, 1.165) is 50.7 Å². The second-order valence-electron chi connectivity index (χ2n) is 9.04. The van der Waals surface area contributed by atoms with Crippen LogP contribution in [0.25, 0.3) is 11.1 Å². The van der Waals surface area contributed by atoms with Gasteiger partial charge in [-0.25, -0.2) is 13.2 Å². The smallest absolute Gasteiger partial charge is 0.403 e. The second kappa shape index (κ2) is 9.43. The fourth-order valence-corrected chi connectivity index (χ4v) is 5.57. The first kappa shape index (κ1) is 23.7. The van der Waals surface area contributed by atoms with Crippen LogP contribution in [-0.2, 0) is 6.42 Å². The average Bonchev–Trinajstić information content (AvgIpc) is 2.74. The molecule has 33 heavy (non-hydrogen) atoms. The quantitative estimate of drug-likeness (QED) is 0.316. The number of halogens is 6. The Morgan fingerprint density at radius 1 is 1.03 bits per heavy atom. The Morgan fingerprint density at radius 3 is 2.52 bits per heavy atom. The third-order valence-electron chi connectivity index (χ3n) is 7.03. The maximum Gasteiger partial charge on any atom is 0.573 e. The maximum atomic E-state index is 15.5. The Kier molecular flexibility index (Phi) is 6.78. The fourth-order valence-electron chi connectivity index (χ4n) is 5.57. The van der Waals surface area contributed by atoms with Crippen molar-refractivity contribution in [2.75, 3.05) is 0 Å². The summed E-state index contributed by atoms with van der Waals surface area (Å²) in [5.74, 6) is -2.84. The van der Waals surface area contributed by atoms with Gasteiger partial charge >= 0.3 is 6.36 Å². The van der Waals surface area contributed by atoms with Crippen LogP contribution >= 0.6 is 0 Å². The molecule has 0 aromatic heterocycles. The Morgan fingerprint density at radius 2 is 1.82 bits per heavy atom. The minimum Gasteiger partial charge on any atom is -0.403 e. The van der Waals surface area contributed by atoms with Gasteiger partial charge in [0.1, 0.15) is 11.6 Å². The fraction of sp³-hybridized carbons (Fsp3) is 0.462. The highest BCUT2D eigenvalue weighted by molar-refractivity contribution is 5.68. The molecule has 2 aromatic rings. The molecular formula is C26H26F6O. The molecule has 1 saturated carbocycles. The highest BCUT2D eigenvalue weighted by Gasteiger charge is 2.37. The van der Waals surface area contributed by atoms with Crippen molar-refractivity contribution in [1.29, 1.82) is 0 Å². The summed E-state index contributed by atoms with van der Waals surface area (Å²) in [6.45, 7) is 2.01. The monoisotopic (exact) mass is 468 g/mol. The van der Waals surface area contributed by atoms with Gasteiger partial charge < -0.3 is 4.74 Å². The van der Waals surface area contributed by atoms with Crippen molar-refractivity contribution in [1.82, 2.24) is 0 Å². The first-order valence-corrected chi connectivity index (χ1v) is 11.4. The molecular weight excluding hydrogens is 442 g/mol. The number of benzene rings is 2. The van der Waals surface area contributed by atoms with Crippen molar-refractivity contribution in [2.45, 2.75) is 64.1 Å². The van der Waals surface area contributed by atoms with Crippen LogP contribution in [-0.4, -0.2) is 6.36 Å². The summed E-state index contributed by atoms with van der Waals surface area (Å²) < 4.78 is 85.5. The van der Waals surface area contributed by atoms with E-state index in [0.29, 0.717) is 35.4 Å². The lowest BCUT2D eigenvalue weighted by Crippen LogP contribution is -2.29. The largest absolute Gasteiger partial charge is 0.573 e. The predicted octanol–water partition coefficient (Wildman–Crippen LogP) is 8.47. The summed E-state index contributed by atoms with van der Waals surface area (Å²) in [6, 6.07) is 3.81. The Balaban J connectivity index is 1.60. The van der Waals surface area contributed by atoms with Crippen LogP contribution in [0.3, 0.4) is 0 Å². The SMILES string of the molecule is C/C=C/CC[C@@H]1CC[C@@H]2c3cc(F)c(-c4ccc(OC(F)(F)F)c(F)c4)c(F)c3CC[C@@H]2C1. The number of fused-ring (bicyclic) bond motifs is 3. The van der Waals surface area contributed by atoms with E-state index in [9.17, 15) is 17.6 Å². The van der Waals surface area contributed by atoms with E-state index in [1.165, 1.54) is 6.07 Å². The topological polar surface area (TPSA) is 9.23 Å². The molecule has 0 spiro atoms. The van der Waals surface area contributed by atoms with Crippen LogP contribution in [0.4, 0.5) is 26.3 Å². The molecule has 1 nitrogen and oxygen atoms in total. The van der Waals surface area contributed by atoms with E-state index in [1.807, 2.05) is 13.0 Å². The molecule has 0 radical (unpaired) electrons. The third-order valence-corrected chi connectivity index (χ3v) is 7.03. The van der Waals surface area contributed by atoms with E-state index >= 15 is 8.78 Å². The summed E-state index contributed by atoms with van der Waals surface area (Å²) in [6.07, 6.45) is 5.57. The first-order chi connectivity index (χ1) is 15.7. The zero-order valence-electron chi connectivity index (χ0n) is 18.3. The molecule has 178 valence electrons. The van der Waals surface area contributed by atoms with Crippen LogP contribution in [0.5, 0.6) is 5.75 Å². The molecule has 3 atom stereocenters. The minimum absolute atomic E-state index is 0.101. The number of ether oxygens (including phenoxy) is 1. The van der Waals surface area contributed by atoms with Crippen molar-refractivity contribution in [3.05, 3.63) is 65.0 Å². The Hall–Kier alpha value is -2.44. The lowest BCUT2D eigenvalue weighted by Gasteiger charge is -2.41. The number of rotatable bonds is 5. The van der Waals surface area contributed by atoms with Crippen molar-refractivity contribution < 1.29 is 31.1 Å². The van der Waals surface area contributed by atoms with Gasteiger partial charge in [-0.2, -0.15) is 0 Å².